The van der Waals surface area contributed by atoms with Gasteiger partial charge in [0.1, 0.15) is 18.9 Å². The second-order valence-electron chi connectivity index (χ2n) is 5.19. The molecule has 0 saturated carbocycles. The van der Waals surface area contributed by atoms with Crippen molar-refractivity contribution in [2.75, 3.05) is 13.1 Å². The van der Waals surface area contributed by atoms with E-state index in [2.05, 4.69) is 10.1 Å². The van der Waals surface area contributed by atoms with Gasteiger partial charge in [0.2, 0.25) is 5.91 Å². The third-order valence-corrected chi connectivity index (χ3v) is 3.95. The van der Waals surface area contributed by atoms with Crippen LogP contribution in [0.5, 0.6) is 0 Å². The first-order chi connectivity index (χ1) is 10.9. The Morgan fingerprint density at radius 3 is 2.74 bits per heavy atom. The fourth-order valence-corrected chi connectivity index (χ4v) is 2.86. The van der Waals surface area contributed by atoms with Crippen LogP contribution in [-0.4, -0.2) is 44.8 Å². The number of aromatic nitrogens is 3. The standard InChI is InChI=1S/C14H12ClF3N4O/c15-10-4-2-1-3-9(10)12-19-8-20-22(12)11-5-6-21(13(11)23)7-14(16,17)18/h1-4,8,11H,5-7H2/t11-/m0/s1. The van der Waals surface area contributed by atoms with E-state index in [1.165, 1.54) is 11.0 Å². The molecule has 1 amide bonds. The van der Waals surface area contributed by atoms with E-state index in [9.17, 15) is 18.0 Å². The second kappa shape index (κ2) is 5.84. The molecule has 2 aromatic rings. The molecule has 2 heterocycles. The van der Waals surface area contributed by atoms with Gasteiger partial charge in [-0.1, -0.05) is 23.7 Å². The molecule has 1 fully saturated rings. The van der Waals surface area contributed by atoms with E-state index in [0.717, 1.165) is 4.90 Å². The van der Waals surface area contributed by atoms with E-state index in [1.807, 2.05) is 0 Å². The Hall–Kier alpha value is -2.09. The van der Waals surface area contributed by atoms with E-state index in [1.54, 1.807) is 24.3 Å². The summed E-state index contributed by atoms with van der Waals surface area (Å²) >= 11 is 6.12. The van der Waals surface area contributed by atoms with Crippen LogP contribution in [0.1, 0.15) is 12.5 Å². The Morgan fingerprint density at radius 2 is 2.04 bits per heavy atom. The third kappa shape index (κ3) is 3.17. The largest absolute Gasteiger partial charge is 0.406 e. The lowest BCUT2D eigenvalue weighted by molar-refractivity contribution is -0.158. The minimum absolute atomic E-state index is 0.0326. The van der Waals surface area contributed by atoms with Gasteiger partial charge in [0.25, 0.3) is 0 Å². The van der Waals surface area contributed by atoms with Crippen LogP contribution in [0, 0.1) is 0 Å². The molecule has 3 rings (SSSR count). The van der Waals surface area contributed by atoms with Crippen LogP contribution >= 0.6 is 11.6 Å². The first kappa shape index (κ1) is 15.8. The summed E-state index contributed by atoms with van der Waals surface area (Å²) < 4.78 is 38.9. The first-order valence-electron chi connectivity index (χ1n) is 6.87. The van der Waals surface area contributed by atoms with E-state index >= 15 is 0 Å². The maximum Gasteiger partial charge on any atom is 0.406 e. The quantitative estimate of drug-likeness (QED) is 0.860. The molecule has 23 heavy (non-hydrogen) atoms. The maximum atomic E-state index is 12.5. The van der Waals surface area contributed by atoms with Gasteiger partial charge in [-0.25, -0.2) is 9.67 Å². The summed E-state index contributed by atoms with van der Waals surface area (Å²) in [7, 11) is 0. The number of nitrogens with zero attached hydrogens (tertiary/aromatic N) is 4. The molecule has 0 bridgehead atoms. The van der Waals surface area contributed by atoms with Crippen LogP contribution < -0.4 is 0 Å². The number of carbonyl (C=O) groups is 1. The van der Waals surface area contributed by atoms with Crippen LogP contribution in [0.4, 0.5) is 13.2 Å². The van der Waals surface area contributed by atoms with Crippen LogP contribution in [0.3, 0.4) is 0 Å². The molecule has 1 aliphatic rings. The van der Waals surface area contributed by atoms with Crippen molar-refractivity contribution in [3.63, 3.8) is 0 Å². The minimum atomic E-state index is -4.42. The smallest absolute Gasteiger partial charge is 0.332 e. The van der Waals surface area contributed by atoms with Gasteiger partial charge in [-0.05, 0) is 18.6 Å². The van der Waals surface area contributed by atoms with E-state index in [-0.39, 0.29) is 13.0 Å². The Morgan fingerprint density at radius 1 is 1.30 bits per heavy atom. The van der Waals surface area contributed by atoms with Gasteiger partial charge < -0.3 is 4.90 Å². The fourth-order valence-electron chi connectivity index (χ4n) is 2.64. The average molecular weight is 345 g/mol. The molecule has 0 unspecified atom stereocenters. The van der Waals surface area contributed by atoms with Gasteiger partial charge in [0.15, 0.2) is 5.82 Å². The molecule has 0 N–H and O–H groups in total. The van der Waals surface area contributed by atoms with Crippen LogP contribution in [0.25, 0.3) is 11.4 Å². The molecule has 0 spiro atoms. The zero-order valence-electron chi connectivity index (χ0n) is 11.8. The highest BCUT2D eigenvalue weighted by molar-refractivity contribution is 6.33. The van der Waals surface area contributed by atoms with Crippen molar-refractivity contribution < 1.29 is 18.0 Å². The van der Waals surface area contributed by atoms with Crippen molar-refractivity contribution in [3.05, 3.63) is 35.6 Å². The molecule has 5 nitrogen and oxygen atoms in total. The Bertz CT molecular complexity index is 731. The molecule has 122 valence electrons. The van der Waals surface area contributed by atoms with Gasteiger partial charge >= 0.3 is 6.18 Å². The molecule has 1 atom stereocenters. The predicted molar refractivity (Wildman–Crippen MR) is 76.8 cm³/mol. The lowest BCUT2D eigenvalue weighted by Crippen LogP contribution is -2.36. The topological polar surface area (TPSA) is 51.0 Å². The number of rotatable bonds is 3. The summed E-state index contributed by atoms with van der Waals surface area (Å²) in [5, 5.41) is 4.45. The number of alkyl halides is 3. The van der Waals surface area contributed by atoms with Gasteiger partial charge in [-0.2, -0.15) is 18.3 Å². The second-order valence-corrected chi connectivity index (χ2v) is 5.59. The molecular formula is C14H12ClF3N4O. The summed E-state index contributed by atoms with van der Waals surface area (Å²) in [5.74, 6) is -0.246. The van der Waals surface area contributed by atoms with E-state index in [0.29, 0.717) is 16.4 Å². The number of hydrogen-bond acceptors (Lipinski definition) is 3. The summed E-state index contributed by atoms with van der Waals surface area (Å²) in [5.41, 5.74) is 0.578. The van der Waals surface area contributed by atoms with Crippen molar-refractivity contribution in [2.24, 2.45) is 0 Å². The maximum absolute atomic E-state index is 12.5. The molecule has 9 heteroatoms. The fraction of sp³-hybridized carbons (Fsp3) is 0.357. The van der Waals surface area contributed by atoms with Crippen molar-refractivity contribution >= 4 is 17.5 Å². The van der Waals surface area contributed by atoms with Crippen LogP contribution in [0.15, 0.2) is 30.6 Å². The Balaban J connectivity index is 1.89. The number of amides is 1. The van der Waals surface area contributed by atoms with Gasteiger partial charge in [0.05, 0.1) is 5.02 Å². The Labute approximate surface area is 134 Å². The lowest BCUT2D eigenvalue weighted by atomic mass is 10.2. The Kier molecular flexibility index (Phi) is 4.01. The van der Waals surface area contributed by atoms with Crippen molar-refractivity contribution in [1.82, 2.24) is 19.7 Å². The number of halogens is 4. The monoisotopic (exact) mass is 344 g/mol. The van der Waals surface area contributed by atoms with Gasteiger partial charge in [0, 0.05) is 12.1 Å². The third-order valence-electron chi connectivity index (χ3n) is 3.62. The molecule has 1 aliphatic heterocycles. The first-order valence-corrected chi connectivity index (χ1v) is 7.24. The molecule has 0 radical (unpaired) electrons. The predicted octanol–water partition coefficient (Wildman–Crippen LogP) is 2.93. The van der Waals surface area contributed by atoms with E-state index in [4.69, 9.17) is 11.6 Å². The zero-order chi connectivity index (χ0) is 16.6. The summed E-state index contributed by atoms with van der Waals surface area (Å²) in [6.07, 6.45) is -2.91. The van der Waals surface area contributed by atoms with Crippen molar-refractivity contribution in [3.8, 4) is 11.4 Å². The normalized spacial score (nSPS) is 18.7. The highest BCUT2D eigenvalue weighted by atomic mass is 35.5. The highest BCUT2D eigenvalue weighted by Crippen LogP contribution is 2.32. The summed E-state index contributed by atoms with van der Waals surface area (Å²) in [6.45, 7) is -1.22. The average Bonchev–Trinajstić information content (AvgIpc) is 3.06. The number of hydrogen-bond donors (Lipinski definition) is 0. The summed E-state index contributed by atoms with van der Waals surface area (Å²) in [4.78, 5) is 17.1. The number of benzene rings is 1. The van der Waals surface area contributed by atoms with Crippen LogP contribution in [0.2, 0.25) is 5.02 Å². The molecular weight excluding hydrogens is 333 g/mol. The lowest BCUT2D eigenvalue weighted by Gasteiger charge is -2.19. The molecule has 1 aromatic heterocycles. The minimum Gasteiger partial charge on any atom is -0.332 e. The summed E-state index contributed by atoms with van der Waals surface area (Å²) in [6, 6.07) is 6.09. The highest BCUT2D eigenvalue weighted by Gasteiger charge is 2.41. The number of carbonyl (C=O) groups excluding carboxylic acids is 1. The number of likely N-dealkylation sites (tertiary alicyclic amines) is 1. The molecule has 1 saturated heterocycles. The SMILES string of the molecule is O=C1[C@@H](n2ncnc2-c2ccccc2Cl)CCN1CC(F)(F)F. The molecule has 0 aliphatic carbocycles. The van der Waals surface area contributed by atoms with Crippen molar-refractivity contribution in [1.29, 1.82) is 0 Å². The van der Waals surface area contributed by atoms with Gasteiger partial charge in [-0.3, -0.25) is 4.79 Å². The zero-order valence-corrected chi connectivity index (χ0v) is 12.6. The molecule has 1 aromatic carbocycles. The van der Waals surface area contributed by atoms with Crippen LogP contribution in [-0.2, 0) is 4.79 Å². The van der Waals surface area contributed by atoms with E-state index < -0.39 is 24.7 Å². The van der Waals surface area contributed by atoms with Gasteiger partial charge in [-0.15, -0.1) is 0 Å². The van der Waals surface area contributed by atoms with Crippen molar-refractivity contribution in [2.45, 2.75) is 18.6 Å².